The minimum Gasteiger partial charge on any atom is -0.455 e. The van der Waals surface area contributed by atoms with E-state index in [2.05, 4.69) is 232 Å². The van der Waals surface area contributed by atoms with E-state index in [4.69, 9.17) is 8.83 Å². The summed E-state index contributed by atoms with van der Waals surface area (Å²) in [4.78, 5) is 4.65. The first-order valence-corrected chi connectivity index (χ1v) is 22.0. The summed E-state index contributed by atoms with van der Waals surface area (Å²) < 4.78 is 14.0. The molecule has 10 aromatic carbocycles. The molecule has 64 heavy (non-hydrogen) atoms. The van der Waals surface area contributed by atoms with Crippen molar-refractivity contribution in [1.82, 2.24) is 0 Å². The van der Waals surface area contributed by atoms with Gasteiger partial charge < -0.3 is 18.6 Å². The molecule has 0 saturated carbocycles. The molecule has 4 nitrogen and oxygen atoms in total. The van der Waals surface area contributed by atoms with Gasteiger partial charge in [0.05, 0.1) is 5.39 Å². The molecule has 2 aromatic heterocycles. The number of fused-ring (bicyclic) bond motifs is 9. The summed E-state index contributed by atoms with van der Waals surface area (Å²) >= 11 is 0. The number of rotatable bonds is 7. The van der Waals surface area contributed by atoms with Crippen LogP contribution in [0.5, 0.6) is 0 Å². The average Bonchev–Trinajstić information content (AvgIpc) is 3.87. The van der Waals surface area contributed by atoms with E-state index in [1.54, 1.807) is 0 Å². The van der Waals surface area contributed by atoms with Gasteiger partial charge in [-0.15, -0.1) is 0 Å². The molecule has 0 fully saturated rings. The van der Waals surface area contributed by atoms with Crippen LogP contribution in [0.15, 0.2) is 203 Å². The minimum atomic E-state index is 0.822. The van der Waals surface area contributed by atoms with Crippen molar-refractivity contribution < 1.29 is 8.83 Å². The summed E-state index contributed by atoms with van der Waals surface area (Å²) in [5, 5.41) is 8.66. The van der Waals surface area contributed by atoms with Crippen LogP contribution in [0.2, 0.25) is 0 Å². The van der Waals surface area contributed by atoms with Gasteiger partial charge in [-0.1, -0.05) is 113 Å². The molecule has 0 aliphatic heterocycles. The van der Waals surface area contributed by atoms with Gasteiger partial charge >= 0.3 is 0 Å². The lowest BCUT2D eigenvalue weighted by atomic mass is 9.97. The molecule has 0 aliphatic rings. The summed E-state index contributed by atoms with van der Waals surface area (Å²) in [6, 6.07) is 70.2. The second-order valence-electron chi connectivity index (χ2n) is 17.3. The Hall–Kier alpha value is -8.08. The fraction of sp³-hybridized carbons (Fsp3) is 0.0667. The van der Waals surface area contributed by atoms with Crippen molar-refractivity contribution in [3.05, 3.63) is 216 Å². The molecule has 0 amide bonds. The molecule has 0 N–H and O–H groups in total. The summed E-state index contributed by atoms with van der Waals surface area (Å²) in [5.41, 5.74) is 17.0. The Kier molecular flexibility index (Phi) is 8.70. The molecule has 0 saturated heterocycles. The van der Waals surface area contributed by atoms with Crippen molar-refractivity contribution in [1.29, 1.82) is 0 Å². The summed E-state index contributed by atoms with van der Waals surface area (Å²) in [5.74, 6) is 0. The first-order chi connectivity index (χ1) is 31.3. The van der Waals surface area contributed by atoms with Crippen LogP contribution in [-0.4, -0.2) is 0 Å². The van der Waals surface area contributed by atoms with Gasteiger partial charge in [-0.2, -0.15) is 0 Å². The van der Waals surface area contributed by atoms with Crippen LogP contribution in [0.25, 0.3) is 76.5 Å². The third-order valence-electron chi connectivity index (χ3n) is 12.8. The fourth-order valence-corrected chi connectivity index (χ4v) is 9.41. The van der Waals surface area contributed by atoms with E-state index in [1.807, 2.05) is 0 Å². The van der Waals surface area contributed by atoms with E-state index >= 15 is 0 Å². The lowest BCUT2D eigenvalue weighted by Gasteiger charge is -2.26. The third-order valence-corrected chi connectivity index (χ3v) is 12.8. The van der Waals surface area contributed by atoms with Crippen LogP contribution >= 0.6 is 0 Å². The average molecular weight is 825 g/mol. The summed E-state index contributed by atoms with van der Waals surface area (Å²) in [7, 11) is 0. The van der Waals surface area contributed by atoms with E-state index < -0.39 is 0 Å². The van der Waals surface area contributed by atoms with Crippen LogP contribution in [0.3, 0.4) is 0 Å². The standard InChI is InChI=1S/C60H44N2O2/c1-37-10-20-46(21-11-37)61(47-22-12-38(2)13-23-47)50-28-18-42-32-53-54-36-52(41-8-6-5-7-9-41)59-58(60(54)63-56(53)34-44(42)30-50)55-33-43-19-29-51(31-45(43)35-57(55)64-59)62(48-24-14-39(3)15-25-48)49-26-16-40(4)17-27-49/h5-36H,1-4H3. The Morgan fingerprint density at radius 3 is 1.19 bits per heavy atom. The van der Waals surface area contributed by atoms with Gasteiger partial charge in [0.25, 0.3) is 0 Å². The van der Waals surface area contributed by atoms with Crippen molar-refractivity contribution in [2.45, 2.75) is 27.7 Å². The molecule has 12 aromatic rings. The van der Waals surface area contributed by atoms with E-state index in [1.165, 1.54) is 22.3 Å². The highest BCUT2D eigenvalue weighted by Crippen LogP contribution is 2.47. The van der Waals surface area contributed by atoms with Crippen LogP contribution in [0.4, 0.5) is 34.1 Å². The Morgan fingerprint density at radius 2 is 0.719 bits per heavy atom. The summed E-state index contributed by atoms with van der Waals surface area (Å²) in [6.45, 7) is 8.51. The molecule has 0 unspecified atom stereocenters. The smallest absolute Gasteiger partial charge is 0.147 e. The zero-order valence-corrected chi connectivity index (χ0v) is 36.2. The number of hydrogen-bond donors (Lipinski definition) is 0. The SMILES string of the molecule is Cc1ccc(N(c2ccc(C)cc2)c2ccc3cc4c(cc3c2)oc2c4cc(-c3ccccc3)c3oc4cc5cc(N(c6ccc(C)cc6)c6ccc(C)cc6)ccc5cc4c32)cc1. The van der Waals surface area contributed by atoms with Gasteiger partial charge in [0.15, 0.2) is 0 Å². The molecule has 0 atom stereocenters. The summed E-state index contributed by atoms with van der Waals surface area (Å²) in [6.07, 6.45) is 0. The highest BCUT2D eigenvalue weighted by atomic mass is 16.3. The molecule has 2 heterocycles. The van der Waals surface area contributed by atoms with Crippen molar-refractivity contribution in [3.63, 3.8) is 0 Å². The number of nitrogens with zero attached hydrogens (tertiary/aromatic N) is 2. The number of aryl methyl sites for hydroxylation is 4. The van der Waals surface area contributed by atoms with E-state index in [-0.39, 0.29) is 0 Å². The zero-order chi connectivity index (χ0) is 43.1. The lowest BCUT2D eigenvalue weighted by molar-refractivity contribution is 0.664. The molecular weight excluding hydrogens is 781 g/mol. The van der Waals surface area contributed by atoms with Gasteiger partial charge in [0, 0.05) is 55.8 Å². The lowest BCUT2D eigenvalue weighted by Crippen LogP contribution is -2.09. The van der Waals surface area contributed by atoms with E-state index in [0.717, 1.165) is 111 Å². The number of anilines is 6. The maximum atomic E-state index is 7.02. The molecule has 12 rings (SSSR count). The van der Waals surface area contributed by atoms with Gasteiger partial charge in [-0.05, 0) is 158 Å². The van der Waals surface area contributed by atoms with Crippen LogP contribution < -0.4 is 9.80 Å². The first kappa shape index (κ1) is 37.7. The minimum absolute atomic E-state index is 0.822. The zero-order valence-electron chi connectivity index (χ0n) is 36.2. The van der Waals surface area contributed by atoms with Gasteiger partial charge in [0.1, 0.15) is 22.3 Å². The Bertz CT molecular complexity index is 3640. The predicted octanol–water partition coefficient (Wildman–Crippen LogP) is 17.6. The van der Waals surface area contributed by atoms with Crippen LogP contribution in [0.1, 0.15) is 22.3 Å². The Morgan fingerprint density at radius 1 is 0.312 bits per heavy atom. The van der Waals surface area contributed by atoms with E-state index in [0.29, 0.717) is 0 Å². The highest BCUT2D eigenvalue weighted by Gasteiger charge is 2.23. The second-order valence-corrected chi connectivity index (χ2v) is 17.3. The topological polar surface area (TPSA) is 32.8 Å². The molecule has 306 valence electrons. The maximum absolute atomic E-state index is 7.02. The normalized spacial score (nSPS) is 11.8. The molecule has 0 aliphatic carbocycles. The molecule has 0 spiro atoms. The number of benzene rings is 10. The van der Waals surface area contributed by atoms with Gasteiger partial charge in [0.2, 0.25) is 0 Å². The second kappa shape index (κ2) is 14.8. The first-order valence-electron chi connectivity index (χ1n) is 22.0. The molecular formula is C60H44N2O2. The Labute approximate surface area is 371 Å². The number of hydrogen-bond acceptors (Lipinski definition) is 4. The largest absolute Gasteiger partial charge is 0.455 e. The highest BCUT2D eigenvalue weighted by molar-refractivity contribution is 6.27. The van der Waals surface area contributed by atoms with Gasteiger partial charge in [-0.3, -0.25) is 0 Å². The van der Waals surface area contributed by atoms with Crippen LogP contribution in [-0.2, 0) is 0 Å². The maximum Gasteiger partial charge on any atom is 0.147 e. The third kappa shape index (κ3) is 6.37. The van der Waals surface area contributed by atoms with Crippen molar-refractivity contribution in [3.8, 4) is 11.1 Å². The van der Waals surface area contributed by atoms with Crippen LogP contribution in [0, 0.1) is 27.7 Å². The fourth-order valence-electron chi connectivity index (χ4n) is 9.41. The molecule has 0 bridgehead atoms. The predicted molar refractivity (Wildman–Crippen MR) is 270 cm³/mol. The number of furan rings is 2. The molecule has 4 heteroatoms. The monoisotopic (exact) mass is 824 g/mol. The van der Waals surface area contributed by atoms with Gasteiger partial charge in [-0.25, -0.2) is 0 Å². The van der Waals surface area contributed by atoms with Crippen molar-refractivity contribution in [2.24, 2.45) is 0 Å². The van der Waals surface area contributed by atoms with E-state index in [9.17, 15) is 0 Å². The van der Waals surface area contributed by atoms with Crippen molar-refractivity contribution in [2.75, 3.05) is 9.80 Å². The quantitative estimate of drug-likeness (QED) is 0.160. The molecule has 0 radical (unpaired) electrons. The Balaban J connectivity index is 1.04. The van der Waals surface area contributed by atoms with Crippen molar-refractivity contribution >= 4 is 99.5 Å².